The first-order valence-electron chi connectivity index (χ1n) is 6.20. The highest BCUT2D eigenvalue weighted by atomic mass is 16.3. The van der Waals surface area contributed by atoms with Crippen LogP contribution in [0.3, 0.4) is 0 Å². The third-order valence-electron chi connectivity index (χ3n) is 3.08. The molecule has 0 aliphatic carbocycles. The molecule has 96 valence electrons. The molecule has 1 aromatic carbocycles. The van der Waals surface area contributed by atoms with E-state index in [1.165, 1.54) is 5.56 Å². The Morgan fingerprint density at radius 3 is 2.79 bits per heavy atom. The molecule has 0 fully saturated rings. The average Bonchev–Trinajstić information content (AvgIpc) is 3.11. The van der Waals surface area contributed by atoms with Gasteiger partial charge >= 0.3 is 0 Å². The summed E-state index contributed by atoms with van der Waals surface area (Å²) in [6, 6.07) is 11.9. The largest absolute Gasteiger partial charge is 0.472 e. The summed E-state index contributed by atoms with van der Waals surface area (Å²) in [6.45, 7) is 0. The van der Waals surface area contributed by atoms with Crippen LogP contribution < -0.4 is 5.73 Å². The van der Waals surface area contributed by atoms with Gasteiger partial charge in [0.05, 0.1) is 30.5 Å². The minimum atomic E-state index is -0.136. The molecular weight excluding hydrogens is 238 g/mol. The van der Waals surface area contributed by atoms with Crippen molar-refractivity contribution in [2.24, 2.45) is 5.73 Å². The lowest BCUT2D eigenvalue weighted by Gasteiger charge is -2.08. The maximum absolute atomic E-state index is 6.18. The molecule has 0 radical (unpaired) electrons. The van der Waals surface area contributed by atoms with Gasteiger partial charge in [-0.3, -0.25) is 0 Å². The van der Waals surface area contributed by atoms with Crippen molar-refractivity contribution in [3.05, 3.63) is 66.5 Å². The van der Waals surface area contributed by atoms with Crippen LogP contribution in [0.25, 0.3) is 11.3 Å². The molecule has 0 aliphatic heterocycles. The second kappa shape index (κ2) is 5.12. The zero-order valence-electron chi connectivity index (χ0n) is 10.4. The summed E-state index contributed by atoms with van der Waals surface area (Å²) < 4.78 is 5.06. The van der Waals surface area contributed by atoms with Crippen molar-refractivity contribution in [3.63, 3.8) is 0 Å². The van der Waals surface area contributed by atoms with E-state index in [0.29, 0.717) is 0 Å². The number of rotatable bonds is 4. The standard InChI is InChI=1S/C15H15N3O/c16-13(8-11-4-2-1-3-5-11)15-17-9-14(18-15)12-6-7-19-10-12/h1-7,9-10,13H,8,16H2,(H,17,18). The maximum Gasteiger partial charge on any atom is 0.123 e. The lowest BCUT2D eigenvalue weighted by molar-refractivity contribution is 0.568. The normalized spacial score (nSPS) is 12.5. The molecule has 3 N–H and O–H groups in total. The predicted molar refractivity (Wildman–Crippen MR) is 73.4 cm³/mol. The molecule has 1 atom stereocenters. The Morgan fingerprint density at radius 1 is 1.21 bits per heavy atom. The summed E-state index contributed by atoms with van der Waals surface area (Å²) in [5.41, 5.74) is 9.28. The molecule has 0 amide bonds. The van der Waals surface area contributed by atoms with Gasteiger partial charge < -0.3 is 15.1 Å². The van der Waals surface area contributed by atoms with Gasteiger partial charge in [0.15, 0.2) is 0 Å². The summed E-state index contributed by atoms with van der Waals surface area (Å²) in [7, 11) is 0. The number of H-pyrrole nitrogens is 1. The van der Waals surface area contributed by atoms with Crippen molar-refractivity contribution in [1.82, 2.24) is 9.97 Å². The average molecular weight is 253 g/mol. The molecule has 2 aromatic heterocycles. The lowest BCUT2D eigenvalue weighted by Crippen LogP contribution is -2.14. The van der Waals surface area contributed by atoms with Gasteiger partial charge in [0.25, 0.3) is 0 Å². The molecule has 3 aromatic rings. The summed E-state index contributed by atoms with van der Waals surface area (Å²) in [5.74, 6) is 0.792. The Kier molecular flexibility index (Phi) is 3.16. The van der Waals surface area contributed by atoms with Gasteiger partial charge in [0, 0.05) is 5.56 Å². The molecule has 2 heterocycles. The second-order valence-electron chi connectivity index (χ2n) is 4.49. The molecule has 0 aliphatic rings. The fourth-order valence-electron chi connectivity index (χ4n) is 2.05. The van der Waals surface area contributed by atoms with Crippen LogP contribution in [0.5, 0.6) is 0 Å². The van der Waals surface area contributed by atoms with Crippen LogP contribution in [-0.2, 0) is 6.42 Å². The molecule has 4 nitrogen and oxygen atoms in total. The van der Waals surface area contributed by atoms with Crippen molar-refractivity contribution >= 4 is 0 Å². The first-order valence-corrected chi connectivity index (χ1v) is 6.20. The van der Waals surface area contributed by atoms with Gasteiger partial charge in [0.2, 0.25) is 0 Å². The number of hydrogen-bond donors (Lipinski definition) is 2. The van der Waals surface area contributed by atoms with Gasteiger partial charge in [-0.25, -0.2) is 4.98 Å². The van der Waals surface area contributed by atoms with Crippen molar-refractivity contribution in [3.8, 4) is 11.3 Å². The molecule has 0 bridgehead atoms. The number of hydrogen-bond acceptors (Lipinski definition) is 3. The smallest absolute Gasteiger partial charge is 0.123 e. The van der Waals surface area contributed by atoms with Gasteiger partial charge in [-0.05, 0) is 18.1 Å². The third-order valence-corrected chi connectivity index (χ3v) is 3.08. The lowest BCUT2D eigenvalue weighted by atomic mass is 10.1. The van der Waals surface area contributed by atoms with Gasteiger partial charge in [-0.2, -0.15) is 0 Å². The van der Waals surface area contributed by atoms with E-state index in [0.717, 1.165) is 23.5 Å². The fraction of sp³-hybridized carbons (Fsp3) is 0.133. The number of aromatic nitrogens is 2. The van der Waals surface area contributed by atoms with Crippen LogP contribution in [0.2, 0.25) is 0 Å². The van der Waals surface area contributed by atoms with E-state index in [1.54, 1.807) is 18.7 Å². The molecule has 0 saturated heterocycles. The predicted octanol–water partition coefficient (Wildman–Crippen LogP) is 2.91. The number of benzene rings is 1. The van der Waals surface area contributed by atoms with Crippen molar-refractivity contribution in [2.75, 3.05) is 0 Å². The fourth-order valence-corrected chi connectivity index (χ4v) is 2.05. The van der Waals surface area contributed by atoms with E-state index in [9.17, 15) is 0 Å². The SMILES string of the molecule is NC(Cc1ccccc1)c1ncc(-c2ccoc2)[nH]1. The third kappa shape index (κ3) is 2.58. The van der Waals surface area contributed by atoms with Crippen molar-refractivity contribution in [1.29, 1.82) is 0 Å². The minimum Gasteiger partial charge on any atom is -0.472 e. The maximum atomic E-state index is 6.18. The van der Waals surface area contributed by atoms with Gasteiger partial charge in [0.1, 0.15) is 5.82 Å². The molecule has 0 saturated carbocycles. The Labute approximate surface area is 111 Å². The summed E-state index contributed by atoms with van der Waals surface area (Å²) >= 11 is 0. The number of imidazole rings is 1. The topological polar surface area (TPSA) is 67.8 Å². The van der Waals surface area contributed by atoms with Crippen LogP contribution in [0.1, 0.15) is 17.4 Å². The Hall–Kier alpha value is -2.33. The number of nitrogens with two attached hydrogens (primary N) is 1. The van der Waals surface area contributed by atoms with E-state index in [2.05, 4.69) is 22.1 Å². The van der Waals surface area contributed by atoms with Crippen LogP contribution in [-0.4, -0.2) is 9.97 Å². The molecule has 1 unspecified atom stereocenters. The minimum absolute atomic E-state index is 0.136. The number of furan rings is 1. The highest BCUT2D eigenvalue weighted by Gasteiger charge is 2.12. The zero-order chi connectivity index (χ0) is 13.1. The van der Waals surface area contributed by atoms with Crippen molar-refractivity contribution < 1.29 is 4.42 Å². The number of aromatic amines is 1. The molecule has 3 rings (SSSR count). The Bertz CT molecular complexity index is 628. The monoisotopic (exact) mass is 253 g/mol. The first-order chi connectivity index (χ1) is 9.33. The Morgan fingerprint density at radius 2 is 2.05 bits per heavy atom. The van der Waals surface area contributed by atoms with Crippen molar-refractivity contribution in [2.45, 2.75) is 12.5 Å². The first kappa shape index (κ1) is 11.7. The summed E-state index contributed by atoms with van der Waals surface area (Å²) in [6.07, 6.45) is 5.87. The van der Waals surface area contributed by atoms with E-state index in [1.807, 2.05) is 24.3 Å². The Balaban J connectivity index is 1.76. The zero-order valence-corrected chi connectivity index (χ0v) is 10.4. The van der Waals surface area contributed by atoms with E-state index in [-0.39, 0.29) is 6.04 Å². The highest BCUT2D eigenvalue weighted by molar-refractivity contribution is 5.56. The molecule has 4 heteroatoms. The van der Waals surface area contributed by atoms with E-state index in [4.69, 9.17) is 10.2 Å². The molecule has 19 heavy (non-hydrogen) atoms. The van der Waals surface area contributed by atoms with Crippen LogP contribution >= 0.6 is 0 Å². The van der Waals surface area contributed by atoms with Gasteiger partial charge in [-0.1, -0.05) is 30.3 Å². The van der Waals surface area contributed by atoms with E-state index >= 15 is 0 Å². The van der Waals surface area contributed by atoms with Crippen LogP contribution in [0.4, 0.5) is 0 Å². The van der Waals surface area contributed by atoms with Crippen LogP contribution in [0, 0.1) is 0 Å². The highest BCUT2D eigenvalue weighted by Crippen LogP contribution is 2.20. The second-order valence-corrected chi connectivity index (χ2v) is 4.49. The molecule has 0 spiro atoms. The van der Waals surface area contributed by atoms with E-state index < -0.39 is 0 Å². The van der Waals surface area contributed by atoms with Gasteiger partial charge in [-0.15, -0.1) is 0 Å². The molecular formula is C15H15N3O. The van der Waals surface area contributed by atoms with Crippen LogP contribution in [0.15, 0.2) is 59.5 Å². The summed E-state index contributed by atoms with van der Waals surface area (Å²) in [5, 5.41) is 0. The summed E-state index contributed by atoms with van der Waals surface area (Å²) in [4.78, 5) is 7.59. The number of nitrogens with one attached hydrogen (secondary N) is 1. The number of nitrogens with zero attached hydrogens (tertiary/aromatic N) is 1. The quantitative estimate of drug-likeness (QED) is 0.751.